The molecule has 2 aromatic carbocycles. The van der Waals surface area contributed by atoms with Crippen LogP contribution in [-0.2, 0) is 10.5 Å². The Hall–Kier alpha value is -1.88. The Morgan fingerprint density at radius 2 is 1.70 bits per heavy atom. The molecule has 0 spiro atoms. The maximum atomic E-state index is 13.4. The number of hydrogen-bond donors (Lipinski definition) is 1. The largest absolute Gasteiger partial charge is 0.320 e. The summed E-state index contributed by atoms with van der Waals surface area (Å²) in [6.07, 6.45) is 0. The number of halogens is 2. The lowest BCUT2D eigenvalue weighted by atomic mass is 10.0. The highest BCUT2D eigenvalue weighted by molar-refractivity contribution is 7.99. The third-order valence-electron chi connectivity index (χ3n) is 3.38. The van der Waals surface area contributed by atoms with E-state index in [9.17, 15) is 13.6 Å². The van der Waals surface area contributed by atoms with E-state index in [0.29, 0.717) is 11.7 Å². The topological polar surface area (TPSA) is 29.1 Å². The highest BCUT2D eigenvalue weighted by atomic mass is 32.2. The monoisotopic (exact) mass is 335 g/mol. The van der Waals surface area contributed by atoms with E-state index >= 15 is 0 Å². The average molecular weight is 335 g/mol. The number of carbonyl (C=O) groups is 1. The number of amides is 1. The van der Waals surface area contributed by atoms with Gasteiger partial charge in [0.2, 0.25) is 5.91 Å². The highest BCUT2D eigenvalue weighted by Gasteiger charge is 2.11. The van der Waals surface area contributed by atoms with E-state index in [4.69, 9.17) is 0 Å². The van der Waals surface area contributed by atoms with Crippen molar-refractivity contribution in [2.75, 3.05) is 11.1 Å². The number of para-hydroxylation sites is 1. The molecule has 2 aromatic rings. The number of nitrogens with one attached hydrogen (secondary N) is 1. The van der Waals surface area contributed by atoms with Crippen LogP contribution in [0.4, 0.5) is 14.5 Å². The fourth-order valence-electron chi connectivity index (χ4n) is 2.05. The van der Waals surface area contributed by atoms with E-state index in [1.165, 1.54) is 23.4 Å². The Kier molecular flexibility index (Phi) is 6.16. The first-order chi connectivity index (χ1) is 11.0. The quantitative estimate of drug-likeness (QED) is 0.808. The second-order valence-electron chi connectivity index (χ2n) is 5.53. The van der Waals surface area contributed by atoms with E-state index in [-0.39, 0.29) is 11.4 Å². The number of anilines is 1. The van der Waals surface area contributed by atoms with Crippen LogP contribution in [0.5, 0.6) is 0 Å². The van der Waals surface area contributed by atoms with E-state index in [1.54, 1.807) is 0 Å². The summed E-state index contributed by atoms with van der Waals surface area (Å²) < 4.78 is 26.9. The van der Waals surface area contributed by atoms with Gasteiger partial charge in [-0.15, -0.1) is 11.8 Å². The molecule has 1 N–H and O–H groups in total. The van der Waals surface area contributed by atoms with Crippen molar-refractivity contribution in [3.8, 4) is 0 Å². The molecule has 2 nitrogen and oxygen atoms in total. The molecule has 0 aliphatic rings. The summed E-state index contributed by atoms with van der Waals surface area (Å²) in [4.78, 5) is 11.8. The molecule has 122 valence electrons. The minimum atomic E-state index is -0.771. The van der Waals surface area contributed by atoms with Crippen LogP contribution in [0.25, 0.3) is 0 Å². The molecular formula is C18H19F2NOS. The summed E-state index contributed by atoms with van der Waals surface area (Å²) in [5.74, 6) is -0.665. The Morgan fingerprint density at radius 1 is 1.09 bits per heavy atom. The zero-order valence-corrected chi connectivity index (χ0v) is 13.9. The van der Waals surface area contributed by atoms with Gasteiger partial charge < -0.3 is 5.32 Å². The van der Waals surface area contributed by atoms with Crippen molar-refractivity contribution in [3.05, 3.63) is 65.2 Å². The van der Waals surface area contributed by atoms with Gasteiger partial charge in [-0.05, 0) is 29.2 Å². The van der Waals surface area contributed by atoms with Crippen molar-refractivity contribution in [2.45, 2.75) is 25.5 Å². The van der Waals surface area contributed by atoms with Crippen molar-refractivity contribution in [1.29, 1.82) is 0 Å². The van der Waals surface area contributed by atoms with Gasteiger partial charge in [-0.1, -0.05) is 44.2 Å². The van der Waals surface area contributed by atoms with Gasteiger partial charge in [0.15, 0.2) is 0 Å². The lowest BCUT2D eigenvalue weighted by Gasteiger charge is -2.08. The van der Waals surface area contributed by atoms with Gasteiger partial charge >= 0.3 is 0 Å². The van der Waals surface area contributed by atoms with Crippen LogP contribution in [0.3, 0.4) is 0 Å². The van der Waals surface area contributed by atoms with Crippen LogP contribution >= 0.6 is 11.8 Å². The number of carbonyl (C=O) groups excluding carboxylic acids is 1. The summed E-state index contributed by atoms with van der Waals surface area (Å²) in [6, 6.07) is 11.7. The first kappa shape index (κ1) is 17.5. The van der Waals surface area contributed by atoms with E-state index in [0.717, 1.165) is 17.7 Å². The molecule has 1 amide bonds. The fraction of sp³-hybridized carbons (Fsp3) is 0.278. The van der Waals surface area contributed by atoms with Crippen molar-refractivity contribution in [1.82, 2.24) is 0 Å². The smallest absolute Gasteiger partial charge is 0.234 e. The lowest BCUT2D eigenvalue weighted by molar-refractivity contribution is -0.113. The third kappa shape index (κ3) is 5.06. The number of benzene rings is 2. The van der Waals surface area contributed by atoms with Gasteiger partial charge in [-0.3, -0.25) is 4.79 Å². The summed E-state index contributed by atoms with van der Waals surface area (Å²) in [7, 11) is 0. The molecule has 0 fully saturated rings. The first-order valence-electron chi connectivity index (χ1n) is 7.38. The molecule has 0 aliphatic heterocycles. The molecule has 0 unspecified atom stereocenters. The predicted molar refractivity (Wildman–Crippen MR) is 91.7 cm³/mol. The summed E-state index contributed by atoms with van der Waals surface area (Å²) in [5.41, 5.74) is 2.00. The third-order valence-corrected chi connectivity index (χ3v) is 4.38. The van der Waals surface area contributed by atoms with Gasteiger partial charge in [0, 0.05) is 5.75 Å². The minimum Gasteiger partial charge on any atom is -0.320 e. The first-order valence-corrected chi connectivity index (χ1v) is 8.53. The van der Waals surface area contributed by atoms with E-state index in [2.05, 4.69) is 31.3 Å². The second-order valence-corrected chi connectivity index (χ2v) is 6.52. The van der Waals surface area contributed by atoms with Gasteiger partial charge in [0.05, 0.1) is 5.75 Å². The molecule has 0 bridgehead atoms. The van der Waals surface area contributed by atoms with Crippen molar-refractivity contribution >= 4 is 23.4 Å². The molecule has 5 heteroatoms. The highest BCUT2D eigenvalue weighted by Crippen LogP contribution is 2.20. The standard InChI is InChI=1S/C18H19F2NOS/c1-12(2)14-8-6-13(7-9-14)10-23-11-17(22)21-18-15(19)4-3-5-16(18)20/h3-9,12H,10-11H2,1-2H3,(H,21,22). The molecule has 0 radical (unpaired) electrons. The van der Waals surface area contributed by atoms with Gasteiger partial charge in [0.1, 0.15) is 17.3 Å². The SMILES string of the molecule is CC(C)c1ccc(CSCC(=O)Nc2c(F)cccc2F)cc1. The average Bonchev–Trinajstić information content (AvgIpc) is 2.51. The molecule has 23 heavy (non-hydrogen) atoms. The van der Waals surface area contributed by atoms with Gasteiger partial charge in [-0.2, -0.15) is 0 Å². The van der Waals surface area contributed by atoms with Crippen LogP contribution in [0.2, 0.25) is 0 Å². The van der Waals surface area contributed by atoms with Crippen LogP contribution in [0, 0.1) is 11.6 Å². The van der Waals surface area contributed by atoms with Crippen molar-refractivity contribution < 1.29 is 13.6 Å². The van der Waals surface area contributed by atoms with Crippen molar-refractivity contribution in [3.63, 3.8) is 0 Å². The Labute approximate surface area is 139 Å². The Bertz CT molecular complexity index is 651. The van der Waals surface area contributed by atoms with Crippen LogP contribution < -0.4 is 5.32 Å². The van der Waals surface area contributed by atoms with Crippen LogP contribution in [0.15, 0.2) is 42.5 Å². The van der Waals surface area contributed by atoms with E-state index < -0.39 is 17.5 Å². The summed E-state index contributed by atoms with van der Waals surface area (Å²) in [5, 5.41) is 2.28. The molecule has 2 rings (SSSR count). The zero-order valence-electron chi connectivity index (χ0n) is 13.1. The lowest BCUT2D eigenvalue weighted by Crippen LogP contribution is -2.16. The molecule has 0 saturated heterocycles. The minimum absolute atomic E-state index is 0.139. The number of thioether (sulfide) groups is 1. The Morgan fingerprint density at radius 3 is 2.26 bits per heavy atom. The normalized spacial score (nSPS) is 10.8. The molecular weight excluding hydrogens is 316 g/mol. The maximum absolute atomic E-state index is 13.4. The number of hydrogen-bond acceptors (Lipinski definition) is 2. The molecule has 0 atom stereocenters. The van der Waals surface area contributed by atoms with Gasteiger partial charge in [-0.25, -0.2) is 8.78 Å². The van der Waals surface area contributed by atoms with Gasteiger partial charge in [0.25, 0.3) is 0 Å². The Balaban J connectivity index is 1.83. The second kappa shape index (κ2) is 8.11. The van der Waals surface area contributed by atoms with E-state index in [1.807, 2.05) is 12.1 Å². The van der Waals surface area contributed by atoms with Crippen LogP contribution in [-0.4, -0.2) is 11.7 Å². The maximum Gasteiger partial charge on any atom is 0.234 e. The molecule has 0 aliphatic carbocycles. The zero-order chi connectivity index (χ0) is 16.8. The van der Waals surface area contributed by atoms with Crippen molar-refractivity contribution in [2.24, 2.45) is 0 Å². The summed E-state index contributed by atoms with van der Waals surface area (Å²) >= 11 is 1.40. The number of rotatable bonds is 6. The summed E-state index contributed by atoms with van der Waals surface area (Å²) in [6.45, 7) is 4.27. The van der Waals surface area contributed by atoms with Crippen LogP contribution in [0.1, 0.15) is 30.9 Å². The fourth-order valence-corrected chi connectivity index (χ4v) is 2.84. The molecule has 0 aromatic heterocycles. The predicted octanol–water partition coefficient (Wildman–Crippen LogP) is 4.96. The molecule has 0 saturated carbocycles. The molecule has 0 heterocycles.